The zero-order chi connectivity index (χ0) is 20.1. The molecule has 0 amide bonds. The second-order valence-corrected chi connectivity index (χ2v) is 8.06. The molecule has 5 aromatic rings. The Morgan fingerprint density at radius 1 is 0.967 bits per heavy atom. The minimum absolute atomic E-state index is 0.785. The van der Waals surface area contributed by atoms with E-state index in [1.165, 1.54) is 30.3 Å². The lowest BCUT2D eigenvalue weighted by molar-refractivity contribution is 0.579. The molecule has 1 fully saturated rings. The molecule has 7 heteroatoms. The summed E-state index contributed by atoms with van der Waals surface area (Å²) in [6.07, 6.45) is 9.57. The molecule has 150 valence electrons. The van der Waals surface area contributed by atoms with Crippen molar-refractivity contribution in [3.63, 3.8) is 0 Å². The second kappa shape index (κ2) is 6.73. The van der Waals surface area contributed by atoms with Gasteiger partial charge in [0.15, 0.2) is 5.65 Å². The minimum Gasteiger partial charge on any atom is -0.371 e. The Morgan fingerprint density at radius 3 is 2.70 bits per heavy atom. The van der Waals surface area contributed by atoms with E-state index in [2.05, 4.69) is 60.5 Å². The van der Waals surface area contributed by atoms with Crippen LogP contribution in [0.4, 0.5) is 5.69 Å². The van der Waals surface area contributed by atoms with Gasteiger partial charge in [-0.3, -0.25) is 9.78 Å². The molecule has 30 heavy (non-hydrogen) atoms. The van der Waals surface area contributed by atoms with E-state index in [0.29, 0.717) is 0 Å². The van der Waals surface area contributed by atoms with Gasteiger partial charge in [-0.2, -0.15) is 10.2 Å². The molecule has 0 radical (unpaired) electrons. The van der Waals surface area contributed by atoms with Gasteiger partial charge in [-0.15, -0.1) is 0 Å². The number of benzene rings is 1. The molecule has 4 aromatic heterocycles. The van der Waals surface area contributed by atoms with Crippen LogP contribution in [0, 0.1) is 0 Å². The van der Waals surface area contributed by atoms with E-state index in [0.717, 1.165) is 52.2 Å². The van der Waals surface area contributed by atoms with Crippen LogP contribution in [0.15, 0.2) is 48.9 Å². The van der Waals surface area contributed by atoms with Crippen LogP contribution in [-0.2, 0) is 7.05 Å². The first kappa shape index (κ1) is 17.3. The zero-order valence-corrected chi connectivity index (χ0v) is 16.9. The van der Waals surface area contributed by atoms with E-state index in [1.807, 2.05) is 25.6 Å². The summed E-state index contributed by atoms with van der Waals surface area (Å²) in [5.41, 5.74) is 7.21. The number of rotatable bonds is 3. The van der Waals surface area contributed by atoms with Gasteiger partial charge in [0.2, 0.25) is 0 Å². The summed E-state index contributed by atoms with van der Waals surface area (Å²) >= 11 is 0. The number of hydrogen-bond acceptors (Lipinski definition) is 4. The fourth-order valence-electron chi connectivity index (χ4n) is 4.51. The third-order valence-corrected chi connectivity index (χ3v) is 6.05. The minimum atomic E-state index is 0.785. The van der Waals surface area contributed by atoms with Crippen LogP contribution in [0.3, 0.4) is 0 Å². The Hall–Kier alpha value is -3.61. The van der Waals surface area contributed by atoms with Gasteiger partial charge in [-0.05, 0) is 43.5 Å². The molecule has 1 aliphatic heterocycles. The molecular weight excluding hydrogens is 374 g/mol. The summed E-state index contributed by atoms with van der Waals surface area (Å²) in [5, 5.41) is 14.2. The van der Waals surface area contributed by atoms with Crippen molar-refractivity contribution in [3.8, 4) is 22.5 Å². The van der Waals surface area contributed by atoms with Crippen LogP contribution >= 0.6 is 0 Å². The molecule has 0 aliphatic carbocycles. The van der Waals surface area contributed by atoms with Gasteiger partial charge < -0.3 is 9.88 Å². The standard InChI is InChI=1S/C23H23N7/c1-29-14-16(13-25-29)15-10-18-22(27-28-23(18)24-12-15)20-11-17-19(26-20)6-5-7-21(17)30-8-3-2-4-9-30/h5-7,10-14,26H,2-4,8-9H2,1H3,(H,24,27,28). The van der Waals surface area contributed by atoms with Gasteiger partial charge >= 0.3 is 0 Å². The highest BCUT2D eigenvalue weighted by molar-refractivity contribution is 6.00. The Kier molecular flexibility index (Phi) is 3.87. The molecule has 1 saturated heterocycles. The summed E-state index contributed by atoms with van der Waals surface area (Å²) in [6.45, 7) is 2.26. The molecule has 2 N–H and O–H groups in total. The van der Waals surface area contributed by atoms with E-state index in [1.54, 1.807) is 4.68 Å². The number of fused-ring (bicyclic) bond motifs is 2. The molecule has 1 aromatic carbocycles. The Labute approximate surface area is 173 Å². The topological polar surface area (TPSA) is 78.4 Å². The number of H-pyrrole nitrogens is 2. The van der Waals surface area contributed by atoms with Crippen molar-refractivity contribution in [2.45, 2.75) is 19.3 Å². The number of aromatic amines is 2. The lowest BCUT2D eigenvalue weighted by atomic mass is 10.1. The predicted molar refractivity (Wildman–Crippen MR) is 119 cm³/mol. The van der Waals surface area contributed by atoms with Gasteiger partial charge in [0.05, 0.1) is 11.9 Å². The van der Waals surface area contributed by atoms with Crippen molar-refractivity contribution < 1.29 is 0 Å². The maximum Gasteiger partial charge on any atom is 0.155 e. The average molecular weight is 397 g/mol. The first-order chi connectivity index (χ1) is 14.8. The molecule has 0 atom stereocenters. The third-order valence-electron chi connectivity index (χ3n) is 6.05. The summed E-state index contributed by atoms with van der Waals surface area (Å²) < 4.78 is 1.80. The van der Waals surface area contributed by atoms with E-state index in [9.17, 15) is 0 Å². The third kappa shape index (κ3) is 2.77. The number of aromatic nitrogens is 6. The second-order valence-electron chi connectivity index (χ2n) is 8.06. The lowest BCUT2D eigenvalue weighted by Gasteiger charge is -2.29. The summed E-state index contributed by atoms with van der Waals surface area (Å²) in [7, 11) is 1.92. The van der Waals surface area contributed by atoms with Crippen molar-refractivity contribution >= 4 is 27.6 Å². The quantitative estimate of drug-likeness (QED) is 0.470. The highest BCUT2D eigenvalue weighted by Gasteiger charge is 2.17. The largest absolute Gasteiger partial charge is 0.371 e. The van der Waals surface area contributed by atoms with Crippen LogP contribution in [0.5, 0.6) is 0 Å². The summed E-state index contributed by atoms with van der Waals surface area (Å²) in [6, 6.07) is 10.9. The van der Waals surface area contributed by atoms with Gasteiger partial charge in [-0.25, -0.2) is 4.98 Å². The Bertz CT molecular complexity index is 1350. The van der Waals surface area contributed by atoms with Gasteiger partial charge in [0, 0.05) is 65.6 Å². The van der Waals surface area contributed by atoms with E-state index in [-0.39, 0.29) is 0 Å². The van der Waals surface area contributed by atoms with Crippen LogP contribution in [0.2, 0.25) is 0 Å². The van der Waals surface area contributed by atoms with E-state index >= 15 is 0 Å². The maximum absolute atomic E-state index is 4.59. The number of piperidine rings is 1. The van der Waals surface area contributed by atoms with Crippen molar-refractivity contribution in [2.75, 3.05) is 18.0 Å². The van der Waals surface area contributed by atoms with Crippen molar-refractivity contribution in [2.24, 2.45) is 7.05 Å². The van der Waals surface area contributed by atoms with E-state index < -0.39 is 0 Å². The Morgan fingerprint density at radius 2 is 1.87 bits per heavy atom. The molecule has 0 unspecified atom stereocenters. The summed E-state index contributed by atoms with van der Waals surface area (Å²) in [4.78, 5) is 10.7. The Balaban J connectivity index is 1.47. The van der Waals surface area contributed by atoms with Gasteiger partial charge in [0.1, 0.15) is 5.69 Å². The average Bonchev–Trinajstić information content (AvgIpc) is 3.50. The molecule has 7 nitrogen and oxygen atoms in total. The molecule has 5 heterocycles. The predicted octanol–water partition coefficient (Wildman–Crippen LogP) is 4.50. The molecular formula is C23H23N7. The first-order valence-corrected chi connectivity index (χ1v) is 10.5. The fourth-order valence-corrected chi connectivity index (χ4v) is 4.51. The maximum atomic E-state index is 4.59. The van der Waals surface area contributed by atoms with Crippen LogP contribution < -0.4 is 4.90 Å². The highest BCUT2D eigenvalue weighted by atomic mass is 15.2. The summed E-state index contributed by atoms with van der Waals surface area (Å²) in [5.74, 6) is 0. The number of anilines is 1. The number of hydrogen-bond donors (Lipinski definition) is 2. The monoisotopic (exact) mass is 397 g/mol. The SMILES string of the molecule is Cn1cc(-c2cnc3[nH]nc(-c4cc5c(N6CCCCC6)cccc5[nH]4)c3c2)cn1. The van der Waals surface area contributed by atoms with Crippen LogP contribution in [0.25, 0.3) is 44.5 Å². The van der Waals surface area contributed by atoms with Crippen LogP contribution in [0.1, 0.15) is 19.3 Å². The van der Waals surface area contributed by atoms with Crippen LogP contribution in [-0.4, -0.2) is 43.0 Å². The molecule has 1 aliphatic rings. The number of aryl methyl sites for hydroxylation is 1. The molecule has 0 saturated carbocycles. The first-order valence-electron chi connectivity index (χ1n) is 10.5. The number of pyridine rings is 1. The van der Waals surface area contributed by atoms with Gasteiger partial charge in [-0.1, -0.05) is 6.07 Å². The molecule has 0 bridgehead atoms. The van der Waals surface area contributed by atoms with Crippen molar-refractivity contribution in [1.82, 2.24) is 29.9 Å². The van der Waals surface area contributed by atoms with Crippen molar-refractivity contribution in [3.05, 3.63) is 48.9 Å². The van der Waals surface area contributed by atoms with Crippen molar-refractivity contribution in [1.29, 1.82) is 0 Å². The highest BCUT2D eigenvalue weighted by Crippen LogP contribution is 2.35. The molecule has 6 rings (SSSR count). The lowest BCUT2D eigenvalue weighted by Crippen LogP contribution is -2.29. The molecule has 0 spiro atoms. The number of nitrogens with one attached hydrogen (secondary N) is 2. The smallest absolute Gasteiger partial charge is 0.155 e. The van der Waals surface area contributed by atoms with E-state index in [4.69, 9.17) is 0 Å². The fraction of sp³-hybridized carbons (Fsp3) is 0.261. The zero-order valence-electron chi connectivity index (χ0n) is 16.9. The van der Waals surface area contributed by atoms with Gasteiger partial charge in [0.25, 0.3) is 0 Å². The normalized spacial score (nSPS) is 14.8. The number of nitrogens with zero attached hydrogens (tertiary/aromatic N) is 5.